The van der Waals surface area contributed by atoms with Crippen molar-refractivity contribution in [1.29, 1.82) is 0 Å². The van der Waals surface area contributed by atoms with Crippen LogP contribution in [0.15, 0.2) is 6.20 Å². The van der Waals surface area contributed by atoms with Crippen molar-refractivity contribution in [3.05, 3.63) is 11.1 Å². The van der Waals surface area contributed by atoms with Gasteiger partial charge in [-0.15, -0.1) is 11.3 Å². The quantitative estimate of drug-likeness (QED) is 0.792. The van der Waals surface area contributed by atoms with E-state index in [1.54, 1.807) is 0 Å². The molecular formula is C14H24N2S. The molecule has 1 saturated heterocycles. The lowest BCUT2D eigenvalue weighted by atomic mass is 9.74. The second-order valence-electron chi connectivity index (χ2n) is 6.30. The summed E-state index contributed by atoms with van der Waals surface area (Å²) in [5.74, 6) is 1.61. The Bertz CT molecular complexity index is 378. The minimum Gasteiger partial charge on any atom is -0.347 e. The Kier molecular flexibility index (Phi) is 3.48. The van der Waals surface area contributed by atoms with Gasteiger partial charge in [-0.25, -0.2) is 4.98 Å². The van der Waals surface area contributed by atoms with E-state index in [0.29, 0.717) is 5.41 Å². The average Bonchev–Trinajstić information content (AvgIpc) is 2.81. The molecule has 2 unspecified atom stereocenters. The summed E-state index contributed by atoms with van der Waals surface area (Å²) in [6.07, 6.45) is 3.27. The molecule has 0 saturated carbocycles. The Hall–Kier alpha value is -0.570. The summed E-state index contributed by atoms with van der Waals surface area (Å²) < 4.78 is 0. The molecule has 96 valence electrons. The van der Waals surface area contributed by atoms with Gasteiger partial charge in [-0.05, 0) is 24.2 Å². The number of aryl methyl sites for hydroxylation is 1. The lowest BCUT2D eigenvalue weighted by molar-refractivity contribution is 0.200. The number of nitrogens with zero attached hydrogens (tertiary/aromatic N) is 2. The maximum absolute atomic E-state index is 4.53. The fourth-order valence-electron chi connectivity index (χ4n) is 2.91. The van der Waals surface area contributed by atoms with E-state index in [1.165, 1.54) is 29.5 Å². The summed E-state index contributed by atoms with van der Waals surface area (Å²) in [4.78, 5) is 8.33. The Labute approximate surface area is 109 Å². The van der Waals surface area contributed by atoms with Crippen molar-refractivity contribution in [3.63, 3.8) is 0 Å². The van der Waals surface area contributed by atoms with E-state index in [4.69, 9.17) is 0 Å². The first-order chi connectivity index (χ1) is 7.91. The Balaban J connectivity index is 2.15. The largest absolute Gasteiger partial charge is 0.347 e. The summed E-state index contributed by atoms with van der Waals surface area (Å²) >= 11 is 1.83. The minimum atomic E-state index is 0.404. The van der Waals surface area contributed by atoms with Crippen LogP contribution in [-0.4, -0.2) is 18.1 Å². The first-order valence-electron chi connectivity index (χ1n) is 6.59. The van der Waals surface area contributed by atoms with Crippen LogP contribution >= 0.6 is 11.3 Å². The summed E-state index contributed by atoms with van der Waals surface area (Å²) in [7, 11) is 0. The van der Waals surface area contributed by atoms with Gasteiger partial charge in [0.15, 0.2) is 5.13 Å². The van der Waals surface area contributed by atoms with Crippen molar-refractivity contribution >= 4 is 16.5 Å². The smallest absolute Gasteiger partial charge is 0.185 e. The standard InChI is InChI=1S/C14H24N2S/c1-6-11-8-16(9-12(11)14(3,4)5)13-15-7-10(2)17-13/h7,11-12H,6,8-9H2,1-5H3. The molecule has 1 aromatic heterocycles. The van der Waals surface area contributed by atoms with Gasteiger partial charge >= 0.3 is 0 Å². The van der Waals surface area contributed by atoms with E-state index in [2.05, 4.69) is 44.5 Å². The molecule has 1 fully saturated rings. The molecule has 0 amide bonds. The van der Waals surface area contributed by atoms with Gasteiger partial charge in [-0.3, -0.25) is 0 Å². The van der Waals surface area contributed by atoms with Gasteiger partial charge in [-0.2, -0.15) is 0 Å². The average molecular weight is 252 g/mol. The lowest BCUT2D eigenvalue weighted by Crippen LogP contribution is -2.27. The van der Waals surface area contributed by atoms with Crippen molar-refractivity contribution in [2.45, 2.75) is 41.0 Å². The molecule has 1 aromatic rings. The summed E-state index contributed by atoms with van der Waals surface area (Å²) in [5.41, 5.74) is 0.404. The predicted molar refractivity (Wildman–Crippen MR) is 75.8 cm³/mol. The highest BCUT2D eigenvalue weighted by atomic mass is 32.1. The van der Waals surface area contributed by atoms with E-state index in [1.807, 2.05) is 17.5 Å². The van der Waals surface area contributed by atoms with Crippen molar-refractivity contribution in [3.8, 4) is 0 Å². The second kappa shape index (κ2) is 4.60. The highest BCUT2D eigenvalue weighted by Crippen LogP contribution is 2.41. The third-order valence-electron chi connectivity index (χ3n) is 3.96. The fourth-order valence-corrected chi connectivity index (χ4v) is 3.69. The molecular weight excluding hydrogens is 228 g/mol. The highest BCUT2D eigenvalue weighted by Gasteiger charge is 2.39. The summed E-state index contributed by atoms with van der Waals surface area (Å²) in [5, 5.41) is 1.22. The molecule has 0 radical (unpaired) electrons. The number of hydrogen-bond donors (Lipinski definition) is 0. The molecule has 17 heavy (non-hydrogen) atoms. The maximum atomic E-state index is 4.53. The van der Waals surface area contributed by atoms with Crippen molar-refractivity contribution in [2.75, 3.05) is 18.0 Å². The van der Waals surface area contributed by atoms with Gasteiger partial charge in [0.25, 0.3) is 0 Å². The highest BCUT2D eigenvalue weighted by molar-refractivity contribution is 7.15. The van der Waals surface area contributed by atoms with Crippen LogP contribution in [0.25, 0.3) is 0 Å². The first kappa shape index (κ1) is 12.9. The minimum absolute atomic E-state index is 0.404. The third-order valence-corrected chi connectivity index (χ3v) is 4.93. The molecule has 2 nitrogen and oxygen atoms in total. The van der Waals surface area contributed by atoms with Gasteiger partial charge in [0.2, 0.25) is 0 Å². The molecule has 3 heteroatoms. The van der Waals surface area contributed by atoms with Crippen LogP contribution < -0.4 is 4.90 Å². The lowest BCUT2D eigenvalue weighted by Gasteiger charge is -2.30. The van der Waals surface area contributed by atoms with E-state index >= 15 is 0 Å². The number of rotatable bonds is 2. The normalized spacial score (nSPS) is 25.6. The summed E-state index contributed by atoms with van der Waals surface area (Å²) in [6.45, 7) is 13.9. The van der Waals surface area contributed by atoms with Gasteiger partial charge in [0.1, 0.15) is 0 Å². The van der Waals surface area contributed by atoms with Crippen LogP contribution in [0.1, 0.15) is 39.0 Å². The first-order valence-corrected chi connectivity index (χ1v) is 7.41. The second-order valence-corrected chi connectivity index (χ2v) is 7.51. The van der Waals surface area contributed by atoms with Crippen LogP contribution in [-0.2, 0) is 0 Å². The van der Waals surface area contributed by atoms with Crippen LogP contribution in [0.3, 0.4) is 0 Å². The molecule has 0 bridgehead atoms. The van der Waals surface area contributed by atoms with Crippen LogP contribution in [0, 0.1) is 24.2 Å². The maximum Gasteiger partial charge on any atom is 0.185 e. The number of aromatic nitrogens is 1. The molecule has 2 atom stereocenters. The number of thiazole rings is 1. The van der Waals surface area contributed by atoms with Crippen LogP contribution in [0.5, 0.6) is 0 Å². The fraction of sp³-hybridized carbons (Fsp3) is 0.786. The van der Waals surface area contributed by atoms with Crippen molar-refractivity contribution in [1.82, 2.24) is 4.98 Å². The van der Waals surface area contributed by atoms with Crippen LogP contribution in [0.2, 0.25) is 0 Å². The molecule has 0 spiro atoms. The Morgan fingerprint density at radius 2 is 2.12 bits per heavy atom. The monoisotopic (exact) mass is 252 g/mol. The molecule has 0 N–H and O–H groups in total. The van der Waals surface area contributed by atoms with Gasteiger partial charge in [-0.1, -0.05) is 34.1 Å². The summed E-state index contributed by atoms with van der Waals surface area (Å²) in [6, 6.07) is 0. The SMILES string of the molecule is CCC1CN(c2ncc(C)s2)CC1C(C)(C)C. The van der Waals surface area contributed by atoms with Gasteiger partial charge < -0.3 is 4.90 Å². The van der Waals surface area contributed by atoms with Crippen molar-refractivity contribution in [2.24, 2.45) is 17.3 Å². The molecule has 2 heterocycles. The topological polar surface area (TPSA) is 16.1 Å². The number of hydrogen-bond acceptors (Lipinski definition) is 3. The predicted octanol–water partition coefficient (Wildman–Crippen LogP) is 3.96. The van der Waals surface area contributed by atoms with Gasteiger partial charge in [0.05, 0.1) is 0 Å². The zero-order chi connectivity index (χ0) is 12.6. The molecule has 0 aromatic carbocycles. The number of anilines is 1. The third kappa shape index (κ3) is 2.65. The zero-order valence-corrected chi connectivity index (χ0v) is 12.5. The van der Waals surface area contributed by atoms with Crippen molar-refractivity contribution < 1.29 is 0 Å². The zero-order valence-electron chi connectivity index (χ0n) is 11.7. The van der Waals surface area contributed by atoms with E-state index in [-0.39, 0.29) is 0 Å². The van der Waals surface area contributed by atoms with E-state index < -0.39 is 0 Å². The molecule has 1 aliphatic rings. The molecule has 0 aliphatic carbocycles. The Morgan fingerprint density at radius 1 is 1.41 bits per heavy atom. The van der Waals surface area contributed by atoms with Gasteiger partial charge in [0, 0.05) is 24.2 Å². The van der Waals surface area contributed by atoms with E-state index in [9.17, 15) is 0 Å². The Morgan fingerprint density at radius 3 is 2.53 bits per heavy atom. The van der Waals surface area contributed by atoms with Crippen LogP contribution in [0.4, 0.5) is 5.13 Å². The molecule has 2 rings (SSSR count). The molecule has 1 aliphatic heterocycles. The van der Waals surface area contributed by atoms with E-state index in [0.717, 1.165) is 11.8 Å².